The van der Waals surface area contributed by atoms with Crippen LogP contribution in [0.25, 0.3) is 0 Å². The maximum Gasteiger partial charge on any atom is 0.317 e. The summed E-state index contributed by atoms with van der Waals surface area (Å²) in [6, 6.07) is 8.59. The van der Waals surface area contributed by atoms with Gasteiger partial charge in [-0.05, 0) is 31.0 Å². The molecule has 6 nitrogen and oxygen atoms in total. The Morgan fingerprint density at radius 3 is 2.41 bits per heavy atom. The summed E-state index contributed by atoms with van der Waals surface area (Å²) in [5, 5.41) is 11.9. The number of benzene rings is 1. The van der Waals surface area contributed by atoms with Crippen LogP contribution in [-0.4, -0.2) is 53.6 Å². The first kappa shape index (κ1) is 21.2. The second kappa shape index (κ2) is 10.3. The Hall–Kier alpha value is -2.08. The van der Waals surface area contributed by atoms with Crippen molar-refractivity contribution in [3.63, 3.8) is 0 Å². The minimum Gasteiger partial charge on any atom is -0.481 e. The topological polar surface area (TPSA) is 72.9 Å². The zero-order valence-electron chi connectivity index (χ0n) is 16.8. The number of rotatable bonds is 8. The third-order valence-corrected chi connectivity index (χ3v) is 5.48. The Morgan fingerprint density at radius 1 is 1.15 bits per heavy atom. The number of urea groups is 1. The summed E-state index contributed by atoms with van der Waals surface area (Å²) in [4.78, 5) is 27.1. The fourth-order valence-corrected chi connectivity index (χ4v) is 3.68. The molecule has 2 rings (SSSR count). The Morgan fingerprint density at radius 2 is 1.78 bits per heavy atom. The maximum atomic E-state index is 12.3. The van der Waals surface area contributed by atoms with Gasteiger partial charge < -0.3 is 15.3 Å². The zero-order chi connectivity index (χ0) is 19.8. The van der Waals surface area contributed by atoms with Gasteiger partial charge >= 0.3 is 12.0 Å². The molecule has 1 aromatic rings. The Bertz CT molecular complexity index is 629. The van der Waals surface area contributed by atoms with E-state index in [1.165, 1.54) is 42.6 Å². The molecule has 1 aliphatic carbocycles. The maximum absolute atomic E-state index is 12.3. The Kier molecular flexibility index (Phi) is 8.10. The van der Waals surface area contributed by atoms with Crippen molar-refractivity contribution < 1.29 is 14.7 Å². The predicted molar refractivity (Wildman–Crippen MR) is 106 cm³/mol. The van der Waals surface area contributed by atoms with Gasteiger partial charge in [0.05, 0.1) is 5.92 Å². The van der Waals surface area contributed by atoms with Crippen molar-refractivity contribution in [3.8, 4) is 0 Å². The van der Waals surface area contributed by atoms with E-state index in [-0.39, 0.29) is 12.6 Å². The molecule has 6 heteroatoms. The van der Waals surface area contributed by atoms with E-state index in [9.17, 15) is 9.59 Å². The van der Waals surface area contributed by atoms with Crippen LogP contribution in [0, 0.1) is 5.92 Å². The molecule has 0 aliphatic heterocycles. The molecule has 1 aliphatic rings. The van der Waals surface area contributed by atoms with Crippen LogP contribution < -0.4 is 5.32 Å². The molecular weight excluding hydrogens is 342 g/mol. The highest BCUT2D eigenvalue weighted by Crippen LogP contribution is 2.23. The smallest absolute Gasteiger partial charge is 0.317 e. The molecule has 1 aromatic carbocycles. The van der Waals surface area contributed by atoms with E-state index in [2.05, 4.69) is 23.3 Å². The lowest BCUT2D eigenvalue weighted by atomic mass is 9.94. The number of carboxylic acids is 1. The third-order valence-electron chi connectivity index (χ3n) is 5.48. The molecule has 27 heavy (non-hydrogen) atoms. The van der Waals surface area contributed by atoms with Gasteiger partial charge in [-0.15, -0.1) is 0 Å². The minimum atomic E-state index is -0.897. The van der Waals surface area contributed by atoms with Crippen molar-refractivity contribution in [2.75, 3.05) is 20.6 Å². The highest BCUT2D eigenvalue weighted by Gasteiger charge is 2.20. The Balaban J connectivity index is 1.91. The summed E-state index contributed by atoms with van der Waals surface area (Å²) >= 11 is 0. The summed E-state index contributed by atoms with van der Waals surface area (Å²) in [6.45, 7) is 3.11. The third kappa shape index (κ3) is 6.54. The average Bonchev–Trinajstić information content (AvgIpc) is 2.67. The van der Waals surface area contributed by atoms with E-state index in [1.807, 2.05) is 18.2 Å². The van der Waals surface area contributed by atoms with Gasteiger partial charge in [-0.1, -0.05) is 50.5 Å². The van der Waals surface area contributed by atoms with Crippen molar-refractivity contribution >= 4 is 12.0 Å². The number of hydrogen-bond donors (Lipinski definition) is 2. The molecule has 0 aromatic heterocycles. The largest absolute Gasteiger partial charge is 0.481 e. The highest BCUT2D eigenvalue weighted by molar-refractivity contribution is 5.75. The SMILES string of the molecule is CC(CN(C)C(=O)NCc1ccccc1CN(C)C1CCCCC1)C(=O)O. The molecule has 1 atom stereocenters. The lowest BCUT2D eigenvalue weighted by Crippen LogP contribution is -2.40. The number of carbonyl (C=O) groups excluding carboxylic acids is 1. The minimum absolute atomic E-state index is 0.188. The number of nitrogens with one attached hydrogen (secondary N) is 1. The summed E-state index contributed by atoms with van der Waals surface area (Å²) < 4.78 is 0. The molecule has 1 unspecified atom stereocenters. The van der Waals surface area contributed by atoms with Crippen molar-refractivity contribution in [1.29, 1.82) is 0 Å². The molecule has 1 fully saturated rings. The standard InChI is InChI=1S/C21H33N3O3/c1-16(20(25)26)14-24(3)21(27)22-13-17-9-7-8-10-18(17)15-23(2)19-11-5-4-6-12-19/h7-10,16,19H,4-6,11-15H2,1-3H3,(H,22,27)(H,25,26). The van der Waals surface area contributed by atoms with Crippen LogP contribution in [0.3, 0.4) is 0 Å². The van der Waals surface area contributed by atoms with Crippen LogP contribution in [0.5, 0.6) is 0 Å². The predicted octanol–water partition coefficient (Wildman–Crippen LogP) is 3.31. The molecular formula is C21H33N3O3. The van der Waals surface area contributed by atoms with Crippen LogP contribution in [0.1, 0.15) is 50.2 Å². The number of carbonyl (C=O) groups is 2. The zero-order valence-corrected chi connectivity index (χ0v) is 16.8. The van der Waals surface area contributed by atoms with Crippen LogP contribution in [-0.2, 0) is 17.9 Å². The summed E-state index contributed by atoms with van der Waals surface area (Å²) in [7, 11) is 3.81. The molecule has 0 heterocycles. The summed E-state index contributed by atoms with van der Waals surface area (Å²) in [6.07, 6.45) is 6.51. The molecule has 1 saturated carbocycles. The van der Waals surface area contributed by atoms with E-state index < -0.39 is 11.9 Å². The van der Waals surface area contributed by atoms with Crippen LogP contribution in [0.2, 0.25) is 0 Å². The Labute approximate surface area is 162 Å². The van der Waals surface area contributed by atoms with Crippen LogP contribution in [0.15, 0.2) is 24.3 Å². The van der Waals surface area contributed by atoms with E-state index in [1.54, 1.807) is 14.0 Å². The van der Waals surface area contributed by atoms with E-state index >= 15 is 0 Å². The summed E-state index contributed by atoms with van der Waals surface area (Å²) in [5.41, 5.74) is 2.33. The second-order valence-electron chi connectivity index (χ2n) is 7.75. The lowest BCUT2D eigenvalue weighted by molar-refractivity contribution is -0.141. The summed E-state index contributed by atoms with van der Waals surface area (Å²) in [5.74, 6) is -1.48. The normalized spacial score (nSPS) is 16.1. The van der Waals surface area contributed by atoms with Crippen molar-refractivity contribution in [1.82, 2.24) is 15.1 Å². The van der Waals surface area contributed by atoms with Crippen molar-refractivity contribution in [3.05, 3.63) is 35.4 Å². The quantitative estimate of drug-likeness (QED) is 0.731. The van der Waals surface area contributed by atoms with Gasteiger partial charge in [0.15, 0.2) is 0 Å². The van der Waals surface area contributed by atoms with Gasteiger partial charge in [-0.25, -0.2) is 4.79 Å². The number of carboxylic acid groups (broad SMARTS) is 1. The first-order valence-corrected chi connectivity index (χ1v) is 9.87. The second-order valence-corrected chi connectivity index (χ2v) is 7.75. The molecule has 0 radical (unpaired) electrons. The van der Waals surface area contributed by atoms with Crippen LogP contribution >= 0.6 is 0 Å². The fraction of sp³-hybridized carbons (Fsp3) is 0.619. The van der Waals surface area contributed by atoms with E-state index in [4.69, 9.17) is 5.11 Å². The van der Waals surface area contributed by atoms with Crippen molar-refractivity contribution in [2.24, 2.45) is 5.92 Å². The number of amides is 2. The number of nitrogens with zero attached hydrogens (tertiary/aromatic N) is 2. The first-order chi connectivity index (χ1) is 12.9. The highest BCUT2D eigenvalue weighted by atomic mass is 16.4. The van der Waals surface area contributed by atoms with Gasteiger partial charge in [-0.2, -0.15) is 0 Å². The molecule has 2 amide bonds. The van der Waals surface area contributed by atoms with Gasteiger partial charge in [0.2, 0.25) is 0 Å². The van der Waals surface area contributed by atoms with Gasteiger partial charge in [0.25, 0.3) is 0 Å². The number of hydrogen-bond acceptors (Lipinski definition) is 3. The lowest BCUT2D eigenvalue weighted by Gasteiger charge is -2.31. The molecule has 0 bridgehead atoms. The van der Waals surface area contributed by atoms with E-state index in [0.717, 1.165) is 12.1 Å². The van der Waals surface area contributed by atoms with Gasteiger partial charge in [-0.3, -0.25) is 9.69 Å². The van der Waals surface area contributed by atoms with Gasteiger partial charge in [0, 0.05) is 32.7 Å². The van der Waals surface area contributed by atoms with Crippen molar-refractivity contribution in [2.45, 2.75) is 58.2 Å². The van der Waals surface area contributed by atoms with Gasteiger partial charge in [0.1, 0.15) is 0 Å². The van der Waals surface area contributed by atoms with Crippen LogP contribution in [0.4, 0.5) is 4.79 Å². The average molecular weight is 376 g/mol. The molecule has 150 valence electrons. The first-order valence-electron chi connectivity index (χ1n) is 9.87. The molecule has 0 spiro atoms. The fourth-order valence-electron chi connectivity index (χ4n) is 3.68. The molecule has 2 N–H and O–H groups in total. The monoisotopic (exact) mass is 375 g/mol. The van der Waals surface area contributed by atoms with E-state index in [0.29, 0.717) is 12.6 Å². The number of aliphatic carboxylic acids is 1. The molecule has 0 saturated heterocycles.